The van der Waals surface area contributed by atoms with Crippen LogP contribution in [0.2, 0.25) is 0 Å². The van der Waals surface area contributed by atoms with E-state index in [0.717, 1.165) is 6.26 Å². The summed E-state index contributed by atoms with van der Waals surface area (Å²) in [5.41, 5.74) is 0.428. The summed E-state index contributed by atoms with van der Waals surface area (Å²) in [4.78, 5) is 12.1. The van der Waals surface area contributed by atoms with Gasteiger partial charge in [0.1, 0.15) is 0 Å². The van der Waals surface area contributed by atoms with E-state index >= 15 is 0 Å². The van der Waals surface area contributed by atoms with Crippen LogP contribution in [0.5, 0.6) is 11.5 Å². The number of nitrogens with zero attached hydrogens (tertiary/aromatic N) is 1. The molecule has 0 saturated carbocycles. The third kappa shape index (κ3) is 4.81. The van der Waals surface area contributed by atoms with Gasteiger partial charge in [0.25, 0.3) is 5.91 Å². The van der Waals surface area contributed by atoms with E-state index in [1.165, 1.54) is 11.4 Å². The molecule has 0 saturated heterocycles. The standard InChI is InChI=1S/C14H20N2O6S/c1-20-8-7-16(23(2,18)19)6-5-15-14(17)11-3-4-12-13(9-11)22-10-21-12/h3-4,9H,5-8,10H2,1-2H3,(H,15,17). The summed E-state index contributed by atoms with van der Waals surface area (Å²) in [6.07, 6.45) is 1.13. The van der Waals surface area contributed by atoms with Gasteiger partial charge in [0.05, 0.1) is 12.9 Å². The van der Waals surface area contributed by atoms with Gasteiger partial charge in [0.2, 0.25) is 16.8 Å². The van der Waals surface area contributed by atoms with E-state index in [-0.39, 0.29) is 32.3 Å². The average molecular weight is 344 g/mol. The monoisotopic (exact) mass is 344 g/mol. The fourth-order valence-corrected chi connectivity index (χ4v) is 2.90. The van der Waals surface area contributed by atoms with Crippen molar-refractivity contribution in [1.82, 2.24) is 9.62 Å². The Kier molecular flexibility index (Phi) is 5.80. The van der Waals surface area contributed by atoms with Crippen LogP contribution in [0.4, 0.5) is 0 Å². The first-order valence-electron chi connectivity index (χ1n) is 7.03. The molecule has 0 spiro atoms. The Labute approximate surface area is 135 Å². The summed E-state index contributed by atoms with van der Waals surface area (Å²) in [5, 5.41) is 2.69. The zero-order valence-electron chi connectivity index (χ0n) is 13.1. The predicted octanol–water partition coefficient (Wildman–Crippen LogP) is 0.0531. The smallest absolute Gasteiger partial charge is 0.251 e. The third-order valence-corrected chi connectivity index (χ3v) is 4.60. The normalized spacial score (nSPS) is 13.3. The first-order valence-corrected chi connectivity index (χ1v) is 8.88. The molecule has 1 amide bonds. The van der Waals surface area contributed by atoms with E-state index in [0.29, 0.717) is 23.7 Å². The summed E-state index contributed by atoms with van der Waals surface area (Å²) in [6, 6.07) is 4.89. The Bertz CT molecular complexity index is 661. The highest BCUT2D eigenvalue weighted by Gasteiger charge is 2.18. The molecular formula is C14H20N2O6S. The molecule has 2 rings (SSSR count). The molecule has 128 valence electrons. The molecule has 0 radical (unpaired) electrons. The molecule has 1 N–H and O–H groups in total. The number of methoxy groups -OCH3 is 1. The minimum absolute atomic E-state index is 0.142. The van der Waals surface area contributed by atoms with Crippen LogP contribution in [0.15, 0.2) is 18.2 Å². The molecule has 9 heteroatoms. The number of benzene rings is 1. The Morgan fingerprint density at radius 2 is 2.04 bits per heavy atom. The van der Waals surface area contributed by atoms with Gasteiger partial charge in [-0.25, -0.2) is 8.42 Å². The fourth-order valence-electron chi connectivity index (χ4n) is 2.07. The Morgan fingerprint density at radius 3 is 2.74 bits per heavy atom. The number of hydrogen-bond acceptors (Lipinski definition) is 6. The van der Waals surface area contributed by atoms with Crippen molar-refractivity contribution >= 4 is 15.9 Å². The molecule has 0 unspecified atom stereocenters. The molecule has 23 heavy (non-hydrogen) atoms. The molecule has 0 fully saturated rings. The molecule has 8 nitrogen and oxygen atoms in total. The zero-order valence-corrected chi connectivity index (χ0v) is 13.9. The number of amides is 1. The maximum absolute atomic E-state index is 12.1. The van der Waals surface area contributed by atoms with Crippen molar-refractivity contribution < 1.29 is 27.4 Å². The maximum Gasteiger partial charge on any atom is 0.251 e. The van der Waals surface area contributed by atoms with Crippen molar-refractivity contribution in [3.8, 4) is 11.5 Å². The summed E-state index contributed by atoms with van der Waals surface area (Å²) in [6.45, 7) is 1.06. The molecule has 1 aliphatic heterocycles. The van der Waals surface area contributed by atoms with E-state index in [1.54, 1.807) is 18.2 Å². The lowest BCUT2D eigenvalue weighted by Crippen LogP contribution is -2.39. The van der Waals surface area contributed by atoms with Crippen molar-refractivity contribution in [3.05, 3.63) is 23.8 Å². The van der Waals surface area contributed by atoms with Crippen LogP contribution in [0.1, 0.15) is 10.4 Å². The molecular weight excluding hydrogens is 324 g/mol. The van der Waals surface area contributed by atoms with E-state index in [4.69, 9.17) is 14.2 Å². The predicted molar refractivity (Wildman–Crippen MR) is 83.2 cm³/mol. The maximum atomic E-state index is 12.1. The molecule has 1 aromatic carbocycles. The van der Waals surface area contributed by atoms with Crippen molar-refractivity contribution in [3.63, 3.8) is 0 Å². The number of rotatable bonds is 8. The highest BCUT2D eigenvalue weighted by atomic mass is 32.2. The van der Waals surface area contributed by atoms with Gasteiger partial charge in [0.15, 0.2) is 11.5 Å². The molecule has 1 aromatic rings. The average Bonchev–Trinajstić information content (AvgIpc) is 2.96. The topological polar surface area (TPSA) is 94.2 Å². The highest BCUT2D eigenvalue weighted by molar-refractivity contribution is 7.88. The van der Waals surface area contributed by atoms with E-state index < -0.39 is 10.0 Å². The first-order chi connectivity index (χ1) is 10.9. The molecule has 0 bridgehead atoms. The molecule has 0 atom stereocenters. The summed E-state index contributed by atoms with van der Waals surface area (Å²) in [5.74, 6) is 0.823. The van der Waals surface area contributed by atoms with Crippen molar-refractivity contribution in [2.45, 2.75) is 0 Å². The van der Waals surface area contributed by atoms with Crippen LogP contribution in [0.25, 0.3) is 0 Å². The van der Waals surface area contributed by atoms with Crippen molar-refractivity contribution in [2.75, 3.05) is 46.4 Å². The lowest BCUT2D eigenvalue weighted by molar-refractivity contribution is 0.0950. The quantitative estimate of drug-likeness (QED) is 0.716. The highest BCUT2D eigenvalue weighted by Crippen LogP contribution is 2.32. The number of nitrogens with one attached hydrogen (secondary N) is 1. The third-order valence-electron chi connectivity index (χ3n) is 3.30. The largest absolute Gasteiger partial charge is 0.454 e. The first kappa shape index (κ1) is 17.5. The van der Waals surface area contributed by atoms with Crippen LogP contribution >= 0.6 is 0 Å². The number of carbonyl (C=O) groups excluding carboxylic acids is 1. The number of hydrogen-bond donors (Lipinski definition) is 1. The van der Waals surface area contributed by atoms with Crippen LogP contribution < -0.4 is 14.8 Å². The van der Waals surface area contributed by atoms with E-state index in [9.17, 15) is 13.2 Å². The second-order valence-electron chi connectivity index (χ2n) is 4.98. The summed E-state index contributed by atoms with van der Waals surface area (Å²) >= 11 is 0. The van der Waals surface area contributed by atoms with Crippen molar-refractivity contribution in [1.29, 1.82) is 0 Å². The van der Waals surface area contributed by atoms with Gasteiger partial charge < -0.3 is 19.5 Å². The second kappa shape index (κ2) is 7.62. The van der Waals surface area contributed by atoms with Gasteiger partial charge in [-0.15, -0.1) is 0 Å². The minimum atomic E-state index is -3.34. The summed E-state index contributed by atoms with van der Waals surface area (Å²) < 4.78 is 39.8. The lowest BCUT2D eigenvalue weighted by Gasteiger charge is -2.19. The van der Waals surface area contributed by atoms with Gasteiger partial charge in [-0.1, -0.05) is 0 Å². The van der Waals surface area contributed by atoms with Crippen LogP contribution in [-0.2, 0) is 14.8 Å². The van der Waals surface area contributed by atoms with Crippen molar-refractivity contribution in [2.24, 2.45) is 0 Å². The van der Waals surface area contributed by atoms with Crippen LogP contribution in [0.3, 0.4) is 0 Å². The zero-order chi connectivity index (χ0) is 16.9. The molecule has 0 aromatic heterocycles. The fraction of sp³-hybridized carbons (Fsp3) is 0.500. The Hall–Kier alpha value is -1.84. The second-order valence-corrected chi connectivity index (χ2v) is 6.96. The Balaban J connectivity index is 1.88. The van der Waals surface area contributed by atoms with Gasteiger partial charge in [-0.3, -0.25) is 4.79 Å². The molecule has 1 heterocycles. The van der Waals surface area contributed by atoms with Crippen LogP contribution in [-0.4, -0.2) is 65.0 Å². The summed E-state index contributed by atoms with van der Waals surface area (Å²) in [7, 11) is -1.84. The molecule has 0 aliphatic carbocycles. The van der Waals surface area contributed by atoms with Crippen LogP contribution in [0, 0.1) is 0 Å². The van der Waals surface area contributed by atoms with Gasteiger partial charge in [-0.05, 0) is 18.2 Å². The molecule has 1 aliphatic rings. The number of fused-ring (bicyclic) bond motifs is 1. The SMILES string of the molecule is COCCN(CCNC(=O)c1ccc2c(c1)OCO2)S(C)(=O)=O. The minimum Gasteiger partial charge on any atom is -0.454 e. The van der Waals surface area contributed by atoms with Gasteiger partial charge >= 0.3 is 0 Å². The number of ether oxygens (including phenoxy) is 3. The lowest BCUT2D eigenvalue weighted by atomic mass is 10.2. The van der Waals surface area contributed by atoms with E-state index in [2.05, 4.69) is 5.32 Å². The van der Waals surface area contributed by atoms with Gasteiger partial charge in [-0.2, -0.15) is 4.31 Å². The number of sulfonamides is 1. The number of carbonyl (C=O) groups is 1. The Morgan fingerprint density at radius 1 is 1.30 bits per heavy atom. The van der Waals surface area contributed by atoms with Gasteiger partial charge in [0, 0.05) is 32.3 Å². The van der Waals surface area contributed by atoms with E-state index in [1.807, 2.05) is 0 Å².